The first-order chi connectivity index (χ1) is 18.2. The Balaban J connectivity index is 1.55. The number of nitrogens with zero attached hydrogens (tertiary/aromatic N) is 4. The Morgan fingerprint density at radius 1 is 1.16 bits per heavy atom. The lowest BCUT2D eigenvalue weighted by molar-refractivity contribution is -0.137. The molecule has 0 saturated carbocycles. The van der Waals surface area contributed by atoms with Crippen molar-refractivity contribution in [2.45, 2.75) is 25.6 Å². The fraction of sp³-hybridized carbons (Fsp3) is 0.360. The topological polar surface area (TPSA) is 102 Å². The third-order valence-corrected chi connectivity index (χ3v) is 6.04. The first-order valence-corrected chi connectivity index (χ1v) is 12.2. The third-order valence-electron chi connectivity index (χ3n) is 5.75. The van der Waals surface area contributed by atoms with Crippen molar-refractivity contribution >= 4 is 34.8 Å². The number of ether oxygens (including phenoxy) is 2. The third kappa shape index (κ3) is 7.01. The van der Waals surface area contributed by atoms with Gasteiger partial charge in [0.15, 0.2) is 0 Å². The monoisotopic (exact) mass is 550 g/mol. The molecule has 0 aliphatic carbocycles. The Labute approximate surface area is 222 Å². The molecule has 0 fully saturated rings. The van der Waals surface area contributed by atoms with Gasteiger partial charge in [-0.2, -0.15) is 23.1 Å². The molecule has 4 rings (SSSR count). The van der Waals surface area contributed by atoms with Gasteiger partial charge in [-0.3, -0.25) is 4.79 Å². The van der Waals surface area contributed by atoms with Crippen LogP contribution in [-0.4, -0.2) is 54.3 Å². The summed E-state index contributed by atoms with van der Waals surface area (Å²) in [6.45, 7) is 1.77. The second-order valence-electron chi connectivity index (χ2n) is 8.40. The lowest BCUT2D eigenvalue weighted by Gasteiger charge is -2.30. The van der Waals surface area contributed by atoms with Gasteiger partial charge < -0.3 is 25.0 Å². The van der Waals surface area contributed by atoms with E-state index in [0.29, 0.717) is 60.7 Å². The Morgan fingerprint density at radius 3 is 2.66 bits per heavy atom. The molecule has 1 amide bonds. The molecule has 13 heteroatoms. The summed E-state index contributed by atoms with van der Waals surface area (Å²) in [6.07, 6.45) is -2.16. The van der Waals surface area contributed by atoms with Gasteiger partial charge >= 0.3 is 12.2 Å². The van der Waals surface area contributed by atoms with Crippen LogP contribution in [0.2, 0.25) is 5.02 Å². The van der Waals surface area contributed by atoms with E-state index in [-0.39, 0.29) is 24.9 Å². The minimum atomic E-state index is -4.43. The summed E-state index contributed by atoms with van der Waals surface area (Å²) in [5.41, 5.74) is 1.14. The van der Waals surface area contributed by atoms with Gasteiger partial charge in [-0.05, 0) is 42.8 Å². The van der Waals surface area contributed by atoms with Crippen LogP contribution in [0.25, 0.3) is 0 Å². The minimum Gasteiger partial charge on any atom is -0.463 e. The summed E-state index contributed by atoms with van der Waals surface area (Å²) >= 11 is 6.34. The Hall–Kier alpha value is -3.64. The fourth-order valence-electron chi connectivity index (χ4n) is 3.86. The van der Waals surface area contributed by atoms with Crippen LogP contribution >= 0.6 is 11.6 Å². The van der Waals surface area contributed by atoms with E-state index < -0.39 is 11.7 Å². The van der Waals surface area contributed by atoms with Crippen LogP contribution in [0.4, 0.5) is 30.5 Å². The summed E-state index contributed by atoms with van der Waals surface area (Å²) in [4.78, 5) is 27.3. The summed E-state index contributed by atoms with van der Waals surface area (Å²) in [5.74, 6) is 0.825. The molecule has 0 unspecified atom stereocenters. The Bertz CT molecular complexity index is 1260. The van der Waals surface area contributed by atoms with Crippen molar-refractivity contribution in [3.05, 3.63) is 64.4 Å². The number of hydrogen-bond acceptors (Lipinski definition) is 8. The van der Waals surface area contributed by atoms with Gasteiger partial charge in [0.1, 0.15) is 18.2 Å². The molecule has 0 radical (unpaired) electrons. The summed E-state index contributed by atoms with van der Waals surface area (Å²) in [5, 5.41) is 6.31. The number of rotatable bonds is 10. The molecule has 38 heavy (non-hydrogen) atoms. The van der Waals surface area contributed by atoms with E-state index in [1.165, 1.54) is 12.1 Å². The highest BCUT2D eigenvalue weighted by Crippen LogP contribution is 2.33. The lowest BCUT2D eigenvalue weighted by Crippen LogP contribution is -2.33. The van der Waals surface area contributed by atoms with Crippen LogP contribution < -0.4 is 20.3 Å². The number of aromatic nitrogens is 3. The van der Waals surface area contributed by atoms with Crippen LogP contribution in [0.3, 0.4) is 0 Å². The van der Waals surface area contributed by atoms with Crippen LogP contribution in [0.5, 0.6) is 6.01 Å². The predicted molar refractivity (Wildman–Crippen MR) is 136 cm³/mol. The van der Waals surface area contributed by atoms with Gasteiger partial charge in [0.2, 0.25) is 5.91 Å². The number of amides is 1. The molecule has 1 aromatic carbocycles. The summed E-state index contributed by atoms with van der Waals surface area (Å²) < 4.78 is 49.5. The zero-order chi connectivity index (χ0) is 27.1. The number of anilines is 3. The average molecular weight is 551 g/mol. The molecular weight excluding hydrogens is 525 g/mol. The smallest absolute Gasteiger partial charge is 0.416 e. The minimum absolute atomic E-state index is 0.0348. The number of alkyl halides is 3. The average Bonchev–Trinajstić information content (AvgIpc) is 2.88. The number of nitrogens with one attached hydrogen (secondary N) is 2. The van der Waals surface area contributed by atoms with E-state index in [2.05, 4.69) is 25.6 Å². The van der Waals surface area contributed by atoms with Crippen LogP contribution in [0, 0.1) is 0 Å². The molecule has 1 aliphatic heterocycles. The van der Waals surface area contributed by atoms with Crippen molar-refractivity contribution in [1.82, 2.24) is 20.3 Å². The lowest BCUT2D eigenvalue weighted by atomic mass is 10.1. The van der Waals surface area contributed by atoms with Crippen molar-refractivity contribution in [2.75, 3.05) is 43.6 Å². The molecule has 202 valence electrons. The molecule has 3 heterocycles. The van der Waals surface area contributed by atoms with Crippen molar-refractivity contribution in [3.8, 4) is 6.01 Å². The van der Waals surface area contributed by atoms with Crippen LogP contribution in [0.15, 0.2) is 42.6 Å². The van der Waals surface area contributed by atoms with Gasteiger partial charge in [-0.1, -0.05) is 11.6 Å². The van der Waals surface area contributed by atoms with Gasteiger partial charge in [0.25, 0.3) is 0 Å². The van der Waals surface area contributed by atoms with Crippen molar-refractivity contribution < 1.29 is 27.4 Å². The SMILES string of the molecule is COCCNC(=O)CCOc1nc2c(c(Nc3ccc(C(F)(F)F)cc3)n1)CCN(c1ncccc1Cl)C2. The highest BCUT2D eigenvalue weighted by Gasteiger charge is 2.30. The summed E-state index contributed by atoms with van der Waals surface area (Å²) in [6, 6.07) is 8.21. The number of fused-ring (bicyclic) bond motifs is 1. The maximum absolute atomic E-state index is 13.0. The zero-order valence-corrected chi connectivity index (χ0v) is 21.3. The number of carbonyl (C=O) groups is 1. The fourth-order valence-corrected chi connectivity index (χ4v) is 4.10. The molecule has 1 aliphatic rings. The van der Waals surface area contributed by atoms with E-state index >= 15 is 0 Å². The van der Waals surface area contributed by atoms with Gasteiger partial charge in [-0.25, -0.2) is 4.98 Å². The normalized spacial score (nSPS) is 13.1. The molecular formula is C25H26ClF3N6O3. The van der Waals surface area contributed by atoms with Crippen molar-refractivity contribution in [3.63, 3.8) is 0 Å². The van der Waals surface area contributed by atoms with E-state index in [9.17, 15) is 18.0 Å². The van der Waals surface area contributed by atoms with E-state index in [0.717, 1.165) is 17.7 Å². The second kappa shape index (κ2) is 12.3. The van der Waals surface area contributed by atoms with Crippen LogP contribution in [0.1, 0.15) is 23.2 Å². The maximum Gasteiger partial charge on any atom is 0.416 e. The largest absolute Gasteiger partial charge is 0.463 e. The number of benzene rings is 1. The summed E-state index contributed by atoms with van der Waals surface area (Å²) in [7, 11) is 1.54. The molecule has 2 aromatic heterocycles. The molecule has 9 nitrogen and oxygen atoms in total. The van der Waals surface area contributed by atoms with E-state index in [1.807, 2.05) is 4.90 Å². The number of halogens is 4. The maximum atomic E-state index is 13.0. The molecule has 0 spiro atoms. The van der Waals surface area contributed by atoms with Crippen molar-refractivity contribution in [2.24, 2.45) is 0 Å². The second-order valence-corrected chi connectivity index (χ2v) is 8.81. The first kappa shape index (κ1) is 27.4. The van der Waals surface area contributed by atoms with Gasteiger partial charge in [0, 0.05) is 37.6 Å². The number of hydrogen-bond donors (Lipinski definition) is 2. The number of carbonyl (C=O) groups excluding carboxylic acids is 1. The Kier molecular flexibility index (Phi) is 8.85. The highest BCUT2D eigenvalue weighted by atomic mass is 35.5. The molecule has 0 saturated heterocycles. The van der Waals surface area contributed by atoms with Gasteiger partial charge in [-0.15, -0.1) is 0 Å². The zero-order valence-electron chi connectivity index (χ0n) is 20.5. The molecule has 0 atom stereocenters. The standard InChI is InChI=1S/C25H26ClF3N6O3/c1-37-14-11-30-21(36)9-13-38-24-33-20-15-35(23-19(26)3-2-10-31-23)12-8-18(20)22(34-24)32-17-6-4-16(5-7-17)25(27,28)29/h2-7,10H,8-9,11-15H2,1H3,(H,30,36)(H,32,33,34). The quantitative estimate of drug-likeness (QED) is 0.359. The van der Waals surface area contributed by atoms with E-state index in [4.69, 9.17) is 21.1 Å². The van der Waals surface area contributed by atoms with Crippen molar-refractivity contribution in [1.29, 1.82) is 0 Å². The van der Waals surface area contributed by atoms with Gasteiger partial charge in [0.05, 0.1) is 35.9 Å². The van der Waals surface area contributed by atoms with E-state index in [1.54, 1.807) is 25.4 Å². The number of methoxy groups -OCH3 is 1. The highest BCUT2D eigenvalue weighted by molar-refractivity contribution is 6.32. The first-order valence-electron chi connectivity index (χ1n) is 11.8. The predicted octanol–water partition coefficient (Wildman–Crippen LogP) is 4.38. The molecule has 3 aromatic rings. The number of pyridine rings is 1. The Morgan fingerprint density at radius 2 is 1.95 bits per heavy atom. The van der Waals surface area contributed by atoms with Crippen LogP contribution in [-0.2, 0) is 28.7 Å². The molecule has 0 bridgehead atoms. The molecule has 2 N–H and O–H groups in total.